The number of rotatable bonds is 5. The van der Waals surface area contributed by atoms with Crippen molar-refractivity contribution < 1.29 is 8.42 Å². The first-order chi connectivity index (χ1) is 9.92. The Hall–Kier alpha value is -1.08. The molecule has 1 atom stereocenters. The average Bonchev–Trinajstić information content (AvgIpc) is 2.47. The van der Waals surface area contributed by atoms with Gasteiger partial charge < -0.3 is 0 Å². The van der Waals surface area contributed by atoms with Crippen molar-refractivity contribution in [2.75, 3.05) is 6.26 Å². The highest BCUT2D eigenvalue weighted by Crippen LogP contribution is 2.21. The fourth-order valence-electron chi connectivity index (χ4n) is 1.81. The zero-order chi connectivity index (χ0) is 15.5. The minimum atomic E-state index is -3.63. The van der Waals surface area contributed by atoms with Crippen LogP contribution in [0.3, 0.4) is 0 Å². The molecule has 1 N–H and O–H groups in total. The van der Waals surface area contributed by atoms with Gasteiger partial charge in [-0.3, -0.25) is 0 Å². The maximum absolute atomic E-state index is 12.3. The number of benzene rings is 1. The Morgan fingerprint density at radius 1 is 1.24 bits per heavy atom. The van der Waals surface area contributed by atoms with Crippen LogP contribution in [0, 0.1) is 0 Å². The van der Waals surface area contributed by atoms with Crippen molar-refractivity contribution in [3.63, 3.8) is 0 Å². The lowest BCUT2D eigenvalue weighted by atomic mass is 10.1. The van der Waals surface area contributed by atoms with Crippen molar-refractivity contribution >= 4 is 33.4 Å². The smallest absolute Gasteiger partial charge is 0.241 e. The van der Waals surface area contributed by atoms with Crippen LogP contribution in [0.2, 0.25) is 5.15 Å². The van der Waals surface area contributed by atoms with E-state index in [2.05, 4.69) is 9.71 Å². The molecular weight excluding hydrogens is 328 g/mol. The summed E-state index contributed by atoms with van der Waals surface area (Å²) in [6.07, 6.45) is 3.36. The van der Waals surface area contributed by atoms with Crippen molar-refractivity contribution in [2.24, 2.45) is 0 Å². The van der Waals surface area contributed by atoms with E-state index in [1.807, 2.05) is 30.5 Å². The molecule has 0 bridgehead atoms. The Labute approximate surface area is 134 Å². The molecule has 0 aliphatic carbocycles. The third-order valence-corrected chi connectivity index (χ3v) is 5.44. The van der Waals surface area contributed by atoms with Crippen LogP contribution in [0.1, 0.15) is 18.5 Å². The molecule has 21 heavy (non-hydrogen) atoms. The van der Waals surface area contributed by atoms with E-state index in [1.54, 1.807) is 18.7 Å². The first-order valence-corrected chi connectivity index (χ1v) is 9.29. The monoisotopic (exact) mass is 342 g/mol. The molecule has 0 amide bonds. The van der Waals surface area contributed by atoms with E-state index in [-0.39, 0.29) is 16.1 Å². The third kappa shape index (κ3) is 4.20. The molecule has 0 fully saturated rings. The van der Waals surface area contributed by atoms with E-state index in [9.17, 15) is 8.42 Å². The van der Waals surface area contributed by atoms with Crippen molar-refractivity contribution in [3.8, 4) is 0 Å². The van der Waals surface area contributed by atoms with E-state index < -0.39 is 10.0 Å². The van der Waals surface area contributed by atoms with Gasteiger partial charge in [-0.1, -0.05) is 23.7 Å². The van der Waals surface area contributed by atoms with Crippen LogP contribution in [0.15, 0.2) is 52.4 Å². The van der Waals surface area contributed by atoms with Gasteiger partial charge >= 0.3 is 0 Å². The molecule has 1 aromatic heterocycles. The minimum Gasteiger partial charge on any atom is -0.244 e. The second-order valence-electron chi connectivity index (χ2n) is 4.43. The SMILES string of the molecule is CSc1ccc(C(C)NS(=O)(=O)c2ccnc(Cl)c2)cc1. The zero-order valence-corrected chi connectivity index (χ0v) is 14.0. The molecule has 1 unspecified atom stereocenters. The Bertz CT molecular complexity index is 718. The number of nitrogens with one attached hydrogen (secondary N) is 1. The number of aromatic nitrogens is 1. The molecule has 0 saturated carbocycles. The average molecular weight is 343 g/mol. The van der Waals surface area contributed by atoms with Gasteiger partial charge in [0.25, 0.3) is 0 Å². The lowest BCUT2D eigenvalue weighted by Crippen LogP contribution is -2.26. The number of hydrogen-bond acceptors (Lipinski definition) is 4. The van der Waals surface area contributed by atoms with Crippen molar-refractivity contribution in [1.29, 1.82) is 0 Å². The predicted molar refractivity (Wildman–Crippen MR) is 86.2 cm³/mol. The zero-order valence-electron chi connectivity index (χ0n) is 11.6. The predicted octanol–water partition coefficient (Wildman–Crippen LogP) is 3.50. The number of sulfonamides is 1. The summed E-state index contributed by atoms with van der Waals surface area (Å²) < 4.78 is 27.2. The molecule has 0 aliphatic rings. The maximum atomic E-state index is 12.3. The van der Waals surface area contributed by atoms with Crippen LogP contribution < -0.4 is 4.72 Å². The van der Waals surface area contributed by atoms with E-state index in [0.29, 0.717) is 0 Å². The van der Waals surface area contributed by atoms with Gasteiger partial charge in [-0.2, -0.15) is 0 Å². The van der Waals surface area contributed by atoms with Gasteiger partial charge in [0.2, 0.25) is 10.0 Å². The second-order valence-corrected chi connectivity index (χ2v) is 7.41. The molecule has 2 rings (SSSR count). The summed E-state index contributed by atoms with van der Waals surface area (Å²) >= 11 is 7.37. The molecule has 0 aliphatic heterocycles. The summed E-state index contributed by atoms with van der Waals surface area (Å²) in [5, 5.41) is 0.148. The summed E-state index contributed by atoms with van der Waals surface area (Å²) in [6, 6.07) is 10.2. The first kappa shape index (κ1) is 16.3. The summed E-state index contributed by atoms with van der Waals surface area (Å²) in [6.45, 7) is 1.80. The van der Waals surface area contributed by atoms with Gasteiger partial charge in [-0.05, 0) is 43.0 Å². The number of thioether (sulfide) groups is 1. The lowest BCUT2D eigenvalue weighted by Gasteiger charge is -2.15. The topological polar surface area (TPSA) is 59.1 Å². The van der Waals surface area contributed by atoms with E-state index >= 15 is 0 Å². The molecule has 0 radical (unpaired) electrons. The summed E-state index contributed by atoms with van der Waals surface area (Å²) in [5.74, 6) is 0. The van der Waals surface area contributed by atoms with E-state index in [4.69, 9.17) is 11.6 Å². The minimum absolute atomic E-state index is 0.107. The lowest BCUT2D eigenvalue weighted by molar-refractivity contribution is 0.566. The Morgan fingerprint density at radius 2 is 1.90 bits per heavy atom. The molecule has 0 spiro atoms. The van der Waals surface area contributed by atoms with Crippen LogP contribution in [0.5, 0.6) is 0 Å². The fourth-order valence-corrected chi connectivity index (χ4v) is 3.70. The summed E-state index contributed by atoms with van der Waals surface area (Å²) in [5.41, 5.74) is 0.900. The third-order valence-electron chi connectivity index (χ3n) is 2.96. The number of halogens is 1. The molecule has 0 saturated heterocycles. The summed E-state index contributed by atoms with van der Waals surface area (Å²) in [7, 11) is -3.63. The Balaban J connectivity index is 2.19. The Kier molecular flexibility index (Phi) is 5.27. The standard InChI is InChI=1S/C14H15ClN2O2S2/c1-10(11-3-5-12(20-2)6-4-11)17-21(18,19)13-7-8-16-14(15)9-13/h3-10,17H,1-2H3. The van der Waals surface area contributed by atoms with Crippen LogP contribution in [-0.2, 0) is 10.0 Å². The Morgan fingerprint density at radius 3 is 2.48 bits per heavy atom. The van der Waals surface area contributed by atoms with E-state index in [0.717, 1.165) is 10.5 Å². The first-order valence-electron chi connectivity index (χ1n) is 6.20. The molecule has 7 heteroatoms. The molecule has 1 heterocycles. The molecular formula is C14H15ClN2O2S2. The largest absolute Gasteiger partial charge is 0.244 e. The van der Waals surface area contributed by atoms with Crippen LogP contribution >= 0.6 is 23.4 Å². The maximum Gasteiger partial charge on any atom is 0.241 e. The van der Waals surface area contributed by atoms with Crippen LogP contribution in [0.4, 0.5) is 0 Å². The molecule has 4 nitrogen and oxygen atoms in total. The molecule has 112 valence electrons. The summed E-state index contributed by atoms with van der Waals surface area (Å²) in [4.78, 5) is 5.02. The molecule has 2 aromatic rings. The number of nitrogens with zero attached hydrogens (tertiary/aromatic N) is 1. The molecule has 1 aromatic carbocycles. The quantitative estimate of drug-likeness (QED) is 0.667. The fraction of sp³-hybridized carbons (Fsp3) is 0.214. The highest BCUT2D eigenvalue weighted by molar-refractivity contribution is 7.98. The van der Waals surface area contributed by atoms with Crippen molar-refractivity contribution in [1.82, 2.24) is 9.71 Å². The van der Waals surface area contributed by atoms with Gasteiger partial charge in [0.05, 0.1) is 4.90 Å². The van der Waals surface area contributed by atoms with Gasteiger partial charge in [0.1, 0.15) is 5.15 Å². The highest BCUT2D eigenvalue weighted by Gasteiger charge is 2.18. The second kappa shape index (κ2) is 6.79. The van der Waals surface area contributed by atoms with Gasteiger partial charge in [-0.15, -0.1) is 11.8 Å². The van der Waals surface area contributed by atoms with Crippen molar-refractivity contribution in [3.05, 3.63) is 53.3 Å². The highest BCUT2D eigenvalue weighted by atomic mass is 35.5. The number of pyridine rings is 1. The van der Waals surface area contributed by atoms with Crippen LogP contribution in [0.25, 0.3) is 0 Å². The number of hydrogen-bond donors (Lipinski definition) is 1. The van der Waals surface area contributed by atoms with Gasteiger partial charge in [0.15, 0.2) is 0 Å². The van der Waals surface area contributed by atoms with Crippen molar-refractivity contribution in [2.45, 2.75) is 22.8 Å². The van der Waals surface area contributed by atoms with Gasteiger partial charge in [-0.25, -0.2) is 18.1 Å². The van der Waals surface area contributed by atoms with Gasteiger partial charge in [0, 0.05) is 17.1 Å². The van der Waals surface area contributed by atoms with Crippen LogP contribution in [-0.4, -0.2) is 19.7 Å². The normalized spacial score (nSPS) is 13.1. The van der Waals surface area contributed by atoms with E-state index in [1.165, 1.54) is 18.3 Å².